The van der Waals surface area contributed by atoms with Crippen molar-refractivity contribution >= 4 is 27.5 Å². The predicted molar refractivity (Wildman–Crippen MR) is 77.0 cm³/mol. The van der Waals surface area contributed by atoms with E-state index in [2.05, 4.69) is 28.2 Å². The molecule has 102 valence electrons. The Morgan fingerprint density at radius 1 is 1.44 bits per heavy atom. The van der Waals surface area contributed by atoms with E-state index in [9.17, 15) is 4.39 Å². The van der Waals surface area contributed by atoms with E-state index >= 15 is 0 Å². The van der Waals surface area contributed by atoms with Crippen molar-refractivity contribution in [2.75, 3.05) is 13.1 Å². The van der Waals surface area contributed by atoms with Crippen LogP contribution in [0.3, 0.4) is 0 Å². The predicted octanol–water partition coefficient (Wildman–Crippen LogP) is 4.40. The van der Waals surface area contributed by atoms with Crippen LogP contribution in [0.25, 0.3) is 0 Å². The minimum Gasteiger partial charge on any atom is -0.488 e. The maximum Gasteiger partial charge on any atom is 0.145 e. The fourth-order valence-corrected chi connectivity index (χ4v) is 2.34. The molecule has 0 spiro atoms. The highest BCUT2D eigenvalue weighted by atomic mass is 79.9. The van der Waals surface area contributed by atoms with Crippen LogP contribution >= 0.6 is 27.5 Å². The first-order valence-electron chi connectivity index (χ1n) is 6.10. The summed E-state index contributed by atoms with van der Waals surface area (Å²) >= 11 is 9.03. The van der Waals surface area contributed by atoms with E-state index in [-0.39, 0.29) is 11.1 Å². The minimum absolute atomic E-state index is 0.0341. The van der Waals surface area contributed by atoms with Gasteiger partial charge in [0.15, 0.2) is 0 Å². The number of benzene rings is 1. The highest BCUT2D eigenvalue weighted by Crippen LogP contribution is 2.31. The summed E-state index contributed by atoms with van der Waals surface area (Å²) in [7, 11) is 0. The number of likely N-dealkylation sites (N-methyl/N-ethyl adjacent to an activating group) is 1. The molecule has 0 aliphatic heterocycles. The number of hydrogen-bond donors (Lipinski definition) is 1. The van der Waals surface area contributed by atoms with Gasteiger partial charge in [-0.1, -0.05) is 31.9 Å². The molecule has 0 bridgehead atoms. The molecule has 1 unspecified atom stereocenters. The van der Waals surface area contributed by atoms with Gasteiger partial charge in [0, 0.05) is 12.6 Å². The van der Waals surface area contributed by atoms with Gasteiger partial charge in [0.1, 0.15) is 17.7 Å². The molecule has 0 saturated heterocycles. The molecule has 1 rings (SSSR count). The molecule has 0 radical (unpaired) electrons. The van der Waals surface area contributed by atoms with Crippen molar-refractivity contribution < 1.29 is 9.13 Å². The highest BCUT2D eigenvalue weighted by Gasteiger charge is 2.13. The van der Waals surface area contributed by atoms with Gasteiger partial charge in [-0.15, -0.1) is 0 Å². The Bertz CT molecular complexity index is 389. The van der Waals surface area contributed by atoms with Crippen LogP contribution in [0.4, 0.5) is 4.39 Å². The zero-order chi connectivity index (χ0) is 13.5. The summed E-state index contributed by atoms with van der Waals surface area (Å²) in [5.41, 5.74) is 0. The van der Waals surface area contributed by atoms with Crippen molar-refractivity contribution in [3.05, 3.63) is 27.4 Å². The minimum atomic E-state index is -0.464. The molecule has 0 saturated carbocycles. The molecule has 0 aliphatic rings. The summed E-state index contributed by atoms with van der Waals surface area (Å²) in [6, 6.07) is 2.84. The zero-order valence-electron chi connectivity index (χ0n) is 10.6. The second kappa shape index (κ2) is 7.97. The van der Waals surface area contributed by atoms with Gasteiger partial charge in [0.2, 0.25) is 0 Å². The Morgan fingerprint density at radius 2 is 2.17 bits per heavy atom. The topological polar surface area (TPSA) is 21.3 Å². The van der Waals surface area contributed by atoms with E-state index in [1.807, 2.05) is 6.92 Å². The zero-order valence-corrected chi connectivity index (χ0v) is 12.9. The fourth-order valence-electron chi connectivity index (χ4n) is 1.60. The lowest BCUT2D eigenvalue weighted by atomic mass is 10.2. The van der Waals surface area contributed by atoms with Crippen LogP contribution in [-0.2, 0) is 0 Å². The average molecular weight is 339 g/mol. The van der Waals surface area contributed by atoms with Gasteiger partial charge in [-0.25, -0.2) is 4.39 Å². The molecule has 1 aromatic rings. The summed E-state index contributed by atoms with van der Waals surface area (Å²) in [5.74, 6) is 0.0295. The molecular formula is C13H18BrClFNO. The van der Waals surface area contributed by atoms with E-state index in [1.54, 1.807) is 0 Å². The van der Waals surface area contributed by atoms with Crippen LogP contribution in [0, 0.1) is 5.82 Å². The molecule has 1 atom stereocenters. The smallest absolute Gasteiger partial charge is 0.145 e. The van der Waals surface area contributed by atoms with Crippen molar-refractivity contribution in [1.29, 1.82) is 0 Å². The van der Waals surface area contributed by atoms with E-state index < -0.39 is 5.82 Å². The van der Waals surface area contributed by atoms with Gasteiger partial charge in [-0.2, -0.15) is 0 Å². The molecule has 0 aliphatic carbocycles. The van der Waals surface area contributed by atoms with E-state index in [0.717, 1.165) is 25.9 Å². The van der Waals surface area contributed by atoms with Gasteiger partial charge in [-0.3, -0.25) is 0 Å². The quantitative estimate of drug-likeness (QED) is 0.744. The van der Waals surface area contributed by atoms with Crippen LogP contribution in [0.2, 0.25) is 5.02 Å². The molecule has 5 heteroatoms. The third kappa shape index (κ3) is 4.75. The normalized spacial score (nSPS) is 12.5. The molecule has 0 fully saturated rings. The van der Waals surface area contributed by atoms with Crippen molar-refractivity contribution in [3.8, 4) is 5.75 Å². The third-order valence-electron chi connectivity index (χ3n) is 2.50. The van der Waals surface area contributed by atoms with E-state index in [1.165, 1.54) is 12.1 Å². The SMILES string of the molecule is CCCC(CNCC)Oc1cc(F)c(Cl)cc1Br. The fraction of sp³-hybridized carbons (Fsp3) is 0.538. The Kier molecular flexibility index (Phi) is 6.97. The number of nitrogens with one attached hydrogen (secondary N) is 1. The average Bonchev–Trinajstić information content (AvgIpc) is 2.33. The number of halogens is 3. The largest absolute Gasteiger partial charge is 0.488 e. The lowest BCUT2D eigenvalue weighted by molar-refractivity contribution is 0.185. The van der Waals surface area contributed by atoms with Gasteiger partial charge in [0.05, 0.1) is 9.50 Å². The summed E-state index contributed by atoms with van der Waals surface area (Å²) < 4.78 is 19.9. The van der Waals surface area contributed by atoms with E-state index in [4.69, 9.17) is 16.3 Å². The van der Waals surface area contributed by atoms with Crippen LogP contribution in [-0.4, -0.2) is 19.2 Å². The Balaban J connectivity index is 2.76. The van der Waals surface area contributed by atoms with Gasteiger partial charge in [0.25, 0.3) is 0 Å². The Morgan fingerprint density at radius 3 is 2.78 bits per heavy atom. The lowest BCUT2D eigenvalue weighted by Gasteiger charge is -2.20. The van der Waals surface area contributed by atoms with Crippen molar-refractivity contribution in [2.24, 2.45) is 0 Å². The van der Waals surface area contributed by atoms with Crippen molar-refractivity contribution in [3.63, 3.8) is 0 Å². The van der Waals surface area contributed by atoms with Crippen LogP contribution < -0.4 is 10.1 Å². The number of ether oxygens (including phenoxy) is 1. The Hall–Kier alpha value is -0.320. The highest BCUT2D eigenvalue weighted by molar-refractivity contribution is 9.10. The van der Waals surface area contributed by atoms with Crippen LogP contribution in [0.15, 0.2) is 16.6 Å². The van der Waals surface area contributed by atoms with Crippen molar-refractivity contribution in [1.82, 2.24) is 5.32 Å². The van der Waals surface area contributed by atoms with Gasteiger partial charge < -0.3 is 10.1 Å². The summed E-state index contributed by atoms with van der Waals surface area (Å²) in [6.07, 6.45) is 1.97. The first kappa shape index (κ1) is 15.7. The summed E-state index contributed by atoms with van der Waals surface area (Å²) in [6.45, 7) is 5.78. The Labute approximate surface area is 121 Å². The maximum absolute atomic E-state index is 13.4. The maximum atomic E-state index is 13.4. The molecule has 0 heterocycles. The van der Waals surface area contributed by atoms with Crippen LogP contribution in [0.1, 0.15) is 26.7 Å². The van der Waals surface area contributed by atoms with E-state index in [0.29, 0.717) is 10.2 Å². The van der Waals surface area contributed by atoms with Gasteiger partial charge >= 0.3 is 0 Å². The molecule has 0 aromatic heterocycles. The van der Waals surface area contributed by atoms with Crippen molar-refractivity contribution in [2.45, 2.75) is 32.8 Å². The molecule has 1 N–H and O–H groups in total. The first-order chi connectivity index (χ1) is 8.58. The van der Waals surface area contributed by atoms with Gasteiger partial charge in [-0.05, 0) is 35.0 Å². The molecule has 18 heavy (non-hydrogen) atoms. The molecular weight excluding hydrogens is 321 g/mol. The number of rotatable bonds is 7. The second-order valence-corrected chi connectivity index (χ2v) is 5.29. The summed E-state index contributed by atoms with van der Waals surface area (Å²) in [5, 5.41) is 3.33. The molecule has 1 aromatic carbocycles. The molecule has 0 amide bonds. The number of hydrogen-bond acceptors (Lipinski definition) is 2. The third-order valence-corrected chi connectivity index (χ3v) is 3.41. The first-order valence-corrected chi connectivity index (χ1v) is 7.27. The molecule has 2 nitrogen and oxygen atoms in total. The van der Waals surface area contributed by atoms with Crippen LogP contribution in [0.5, 0.6) is 5.75 Å². The lowest BCUT2D eigenvalue weighted by Crippen LogP contribution is -2.31. The monoisotopic (exact) mass is 337 g/mol. The standard InChI is InChI=1S/C13H18BrClFNO/c1-3-5-9(8-17-4-2)18-13-7-12(16)11(15)6-10(13)14/h6-7,9,17H,3-5,8H2,1-2H3. The summed E-state index contributed by atoms with van der Waals surface area (Å²) in [4.78, 5) is 0. The second-order valence-electron chi connectivity index (χ2n) is 4.03.